The average molecular weight is 301 g/mol. The molecule has 0 aliphatic rings. The van der Waals surface area contributed by atoms with Crippen molar-refractivity contribution < 1.29 is 36.2 Å². The summed E-state index contributed by atoms with van der Waals surface area (Å²) in [5, 5.41) is 12.1. The molecule has 10 heteroatoms. The van der Waals surface area contributed by atoms with Crippen molar-refractivity contribution in [2.45, 2.75) is 11.1 Å². The van der Waals surface area contributed by atoms with Gasteiger partial charge in [-0.05, 0) is 12.1 Å². The Balaban J connectivity index is 0.000000399. The van der Waals surface area contributed by atoms with E-state index in [0.29, 0.717) is 0 Å². The van der Waals surface area contributed by atoms with Crippen LogP contribution in [0.2, 0.25) is 0 Å². The molecule has 0 radical (unpaired) electrons. The number of alkyl halides is 3. The first-order valence-electron chi connectivity index (χ1n) is 4.46. The van der Waals surface area contributed by atoms with E-state index in [2.05, 4.69) is 0 Å². The lowest BCUT2D eigenvalue weighted by molar-refractivity contribution is -0.192. The lowest BCUT2D eigenvalue weighted by Crippen LogP contribution is -2.21. The zero-order valence-corrected chi connectivity index (χ0v) is 10.3. The number of hydrogen-bond donors (Lipinski definition) is 2. The molecule has 0 amide bonds. The zero-order valence-electron chi connectivity index (χ0n) is 9.51. The summed E-state index contributed by atoms with van der Waals surface area (Å²) in [7, 11) is -2.28. The minimum atomic E-state index is -5.08. The Morgan fingerprint density at radius 2 is 1.74 bits per heavy atom. The highest BCUT2D eigenvalue weighted by atomic mass is 32.2. The highest BCUT2D eigenvalue weighted by Crippen LogP contribution is 2.20. The lowest BCUT2D eigenvalue weighted by atomic mass is 10.3. The number of carboxylic acid groups (broad SMARTS) is 1. The molecule has 0 aliphatic heterocycles. The van der Waals surface area contributed by atoms with Crippen molar-refractivity contribution in [3.05, 3.63) is 24.3 Å². The van der Waals surface area contributed by atoms with Crippen LogP contribution in [-0.4, -0.2) is 32.8 Å². The van der Waals surface area contributed by atoms with Gasteiger partial charge in [-0.15, -0.1) is 0 Å². The number of methoxy groups -OCH3 is 1. The van der Waals surface area contributed by atoms with Gasteiger partial charge in [-0.3, -0.25) is 0 Å². The second-order valence-corrected chi connectivity index (χ2v) is 4.53. The summed E-state index contributed by atoms with van der Waals surface area (Å²) in [5.74, 6) is -2.49. The minimum absolute atomic E-state index is 0.00694. The van der Waals surface area contributed by atoms with Crippen molar-refractivity contribution in [3.63, 3.8) is 0 Å². The Labute approximate surface area is 106 Å². The molecule has 108 valence electrons. The summed E-state index contributed by atoms with van der Waals surface area (Å²) >= 11 is 0. The first-order chi connectivity index (χ1) is 8.50. The molecule has 1 aromatic carbocycles. The molecule has 0 atom stereocenters. The smallest absolute Gasteiger partial charge is 0.490 e. The molecule has 0 saturated heterocycles. The monoisotopic (exact) mass is 301 g/mol. The van der Waals surface area contributed by atoms with Gasteiger partial charge in [0.15, 0.2) is 0 Å². The normalized spacial score (nSPS) is 11.2. The van der Waals surface area contributed by atoms with E-state index in [1.807, 2.05) is 0 Å². The Morgan fingerprint density at radius 1 is 1.32 bits per heavy atom. The van der Waals surface area contributed by atoms with Gasteiger partial charge in [0.05, 0.1) is 7.11 Å². The number of carbonyl (C=O) groups is 1. The predicted octanol–water partition coefficient (Wildman–Crippen LogP) is 0.976. The molecule has 0 unspecified atom stereocenters. The number of primary sulfonamides is 1. The van der Waals surface area contributed by atoms with Gasteiger partial charge in [-0.1, -0.05) is 12.1 Å². The van der Waals surface area contributed by atoms with Crippen molar-refractivity contribution in [1.82, 2.24) is 0 Å². The molecule has 3 N–H and O–H groups in total. The first kappa shape index (κ1) is 17.2. The summed E-state index contributed by atoms with van der Waals surface area (Å²) in [5.41, 5.74) is 0. The molecule has 0 spiro atoms. The third-order valence-electron chi connectivity index (χ3n) is 1.62. The van der Waals surface area contributed by atoms with Crippen molar-refractivity contribution in [2.24, 2.45) is 5.14 Å². The van der Waals surface area contributed by atoms with Crippen LogP contribution >= 0.6 is 0 Å². The van der Waals surface area contributed by atoms with Crippen LogP contribution in [0.5, 0.6) is 5.75 Å². The van der Waals surface area contributed by atoms with Crippen LogP contribution in [0.4, 0.5) is 13.2 Å². The first-order valence-corrected chi connectivity index (χ1v) is 6.00. The fourth-order valence-electron chi connectivity index (χ4n) is 0.854. The summed E-state index contributed by atoms with van der Waals surface area (Å²) in [6.45, 7) is 0. The largest absolute Gasteiger partial charge is 0.495 e. The zero-order chi connectivity index (χ0) is 15.3. The maximum Gasteiger partial charge on any atom is 0.490 e. The molecule has 0 bridgehead atoms. The number of para-hydroxylation sites is 1. The SMILES string of the molecule is COc1ccccc1S(N)(=O)=O.O=C(O)C(F)(F)F. The van der Waals surface area contributed by atoms with Crippen LogP contribution in [-0.2, 0) is 14.8 Å². The Kier molecular flexibility index (Phi) is 5.78. The second-order valence-electron chi connectivity index (χ2n) is 3.00. The number of rotatable bonds is 2. The van der Waals surface area contributed by atoms with Crippen LogP contribution in [0.1, 0.15) is 0 Å². The molecule has 0 heterocycles. The molecule has 0 saturated carbocycles. The number of carboxylic acids is 1. The summed E-state index contributed by atoms with van der Waals surface area (Å²) in [6.07, 6.45) is -5.08. The number of halogens is 3. The Hall–Kier alpha value is -1.81. The maximum absolute atomic E-state index is 10.9. The van der Waals surface area contributed by atoms with Gasteiger partial charge in [-0.2, -0.15) is 13.2 Å². The Bertz CT molecular complexity index is 541. The number of ether oxygens (including phenoxy) is 1. The van der Waals surface area contributed by atoms with Gasteiger partial charge in [0.25, 0.3) is 0 Å². The number of hydrogen-bond acceptors (Lipinski definition) is 4. The van der Waals surface area contributed by atoms with E-state index in [1.165, 1.54) is 13.2 Å². The van der Waals surface area contributed by atoms with Gasteiger partial charge in [0.1, 0.15) is 10.6 Å². The second kappa shape index (κ2) is 6.38. The molecule has 1 rings (SSSR count). The van der Waals surface area contributed by atoms with Crippen molar-refractivity contribution in [2.75, 3.05) is 7.11 Å². The highest BCUT2D eigenvalue weighted by molar-refractivity contribution is 7.89. The molecule has 6 nitrogen and oxygen atoms in total. The standard InChI is InChI=1S/C7H9NO3S.C2HF3O2/c1-11-6-4-2-3-5-7(6)12(8,9)10;3-2(4,5)1(6)7/h2-5H,1H3,(H2,8,9,10);(H,6,7). The highest BCUT2D eigenvalue weighted by Gasteiger charge is 2.38. The van der Waals surface area contributed by atoms with E-state index >= 15 is 0 Å². The molecular weight excluding hydrogens is 291 g/mol. The minimum Gasteiger partial charge on any atom is -0.495 e. The Morgan fingerprint density at radius 3 is 2.00 bits per heavy atom. The fraction of sp³-hybridized carbons (Fsp3) is 0.222. The molecule has 1 aromatic rings. The number of sulfonamides is 1. The van der Waals surface area contributed by atoms with Crippen LogP contribution < -0.4 is 9.88 Å². The fourth-order valence-corrected chi connectivity index (χ4v) is 1.55. The summed E-state index contributed by atoms with van der Waals surface area (Å²) in [4.78, 5) is 8.90. The van der Waals surface area contributed by atoms with Gasteiger partial charge >= 0.3 is 12.1 Å². The maximum atomic E-state index is 10.9. The lowest BCUT2D eigenvalue weighted by Gasteiger charge is -2.04. The molecule has 0 aliphatic carbocycles. The van der Waals surface area contributed by atoms with E-state index in [1.54, 1.807) is 18.2 Å². The van der Waals surface area contributed by atoms with E-state index in [4.69, 9.17) is 19.8 Å². The van der Waals surface area contributed by atoms with Crippen LogP contribution in [0.25, 0.3) is 0 Å². The predicted molar refractivity (Wildman–Crippen MR) is 58.1 cm³/mol. The van der Waals surface area contributed by atoms with E-state index in [0.717, 1.165) is 0 Å². The van der Waals surface area contributed by atoms with Crippen molar-refractivity contribution in [3.8, 4) is 5.75 Å². The van der Waals surface area contributed by atoms with Gasteiger partial charge in [0, 0.05) is 0 Å². The average Bonchev–Trinajstić information content (AvgIpc) is 2.27. The summed E-state index contributed by atoms with van der Waals surface area (Å²) in [6, 6.07) is 6.20. The third kappa shape index (κ3) is 6.06. The van der Waals surface area contributed by atoms with E-state index in [-0.39, 0.29) is 10.6 Å². The third-order valence-corrected chi connectivity index (χ3v) is 2.57. The molecule has 0 fully saturated rings. The molecule has 0 aromatic heterocycles. The number of nitrogens with two attached hydrogens (primary N) is 1. The topological polar surface area (TPSA) is 107 Å². The van der Waals surface area contributed by atoms with Gasteiger partial charge in [0.2, 0.25) is 10.0 Å². The number of benzene rings is 1. The number of aliphatic carboxylic acids is 1. The van der Waals surface area contributed by atoms with Crippen LogP contribution in [0.15, 0.2) is 29.2 Å². The molecular formula is C9H10F3NO5S. The van der Waals surface area contributed by atoms with Crippen LogP contribution in [0.3, 0.4) is 0 Å². The van der Waals surface area contributed by atoms with E-state index in [9.17, 15) is 21.6 Å². The van der Waals surface area contributed by atoms with Crippen LogP contribution in [0, 0.1) is 0 Å². The molecule has 19 heavy (non-hydrogen) atoms. The van der Waals surface area contributed by atoms with Crippen molar-refractivity contribution >= 4 is 16.0 Å². The summed E-state index contributed by atoms with van der Waals surface area (Å²) < 4.78 is 58.4. The van der Waals surface area contributed by atoms with Gasteiger partial charge < -0.3 is 9.84 Å². The quantitative estimate of drug-likeness (QED) is 0.846. The van der Waals surface area contributed by atoms with Crippen molar-refractivity contribution in [1.29, 1.82) is 0 Å². The van der Waals surface area contributed by atoms with Gasteiger partial charge in [-0.25, -0.2) is 18.4 Å². The van der Waals surface area contributed by atoms with E-state index < -0.39 is 22.2 Å².